The van der Waals surface area contributed by atoms with Gasteiger partial charge in [-0.05, 0) is 17.7 Å². The summed E-state index contributed by atoms with van der Waals surface area (Å²) in [5.41, 5.74) is 5.44. The van der Waals surface area contributed by atoms with Crippen LogP contribution in [0.2, 0.25) is 0 Å². The maximum Gasteiger partial charge on any atom is 0.159 e. The summed E-state index contributed by atoms with van der Waals surface area (Å²) in [6.07, 6.45) is 0. The van der Waals surface area contributed by atoms with Crippen LogP contribution in [0, 0.1) is 11.6 Å². The highest BCUT2D eigenvalue weighted by Crippen LogP contribution is 2.07. The average Bonchev–Trinajstić information content (AvgIpc) is 2.34. The first kappa shape index (κ1) is 15.9. The molecule has 1 aromatic rings. The molecule has 5 N–H and O–H groups in total. The van der Waals surface area contributed by atoms with Gasteiger partial charge >= 0.3 is 0 Å². The van der Waals surface area contributed by atoms with E-state index in [1.807, 2.05) is 0 Å². The monoisotopic (exact) mass is 248 g/mol. The first-order valence-corrected chi connectivity index (χ1v) is 5.22. The summed E-state index contributed by atoms with van der Waals surface area (Å²) in [5, 5.41) is 19.1. The van der Waals surface area contributed by atoms with E-state index in [2.05, 4.69) is 5.32 Å². The molecule has 1 aromatic carbocycles. The number of hydrogen-bond acceptors (Lipinski definition) is 4. The Morgan fingerprint density at radius 1 is 1.12 bits per heavy atom. The van der Waals surface area contributed by atoms with E-state index in [1.54, 1.807) is 0 Å². The van der Waals surface area contributed by atoms with Crippen LogP contribution < -0.4 is 11.1 Å². The summed E-state index contributed by atoms with van der Waals surface area (Å²) in [4.78, 5) is 0. The molecule has 0 fully saturated rings. The Bertz CT molecular complexity index is 310. The van der Waals surface area contributed by atoms with Crippen LogP contribution >= 0.6 is 0 Å². The molecule has 1 rings (SSSR count). The molecular formula is C11H18F2N2O2. The molecule has 98 valence electrons. The SMILES string of the molecule is NCCO.OCCNCc1ccc(F)c(F)c1. The van der Waals surface area contributed by atoms with Crippen LogP contribution in [0.4, 0.5) is 8.78 Å². The molecule has 17 heavy (non-hydrogen) atoms. The first-order valence-electron chi connectivity index (χ1n) is 5.22. The van der Waals surface area contributed by atoms with Gasteiger partial charge < -0.3 is 21.3 Å². The third-order valence-electron chi connectivity index (χ3n) is 1.73. The maximum atomic E-state index is 12.6. The smallest absolute Gasteiger partial charge is 0.159 e. The second-order valence-electron chi connectivity index (χ2n) is 3.16. The maximum absolute atomic E-state index is 12.6. The Labute approximate surface area is 99.1 Å². The number of aliphatic hydroxyl groups excluding tert-OH is 2. The summed E-state index contributed by atoms with van der Waals surface area (Å²) in [5.74, 6) is -1.69. The zero-order valence-corrected chi connectivity index (χ0v) is 9.50. The minimum absolute atomic E-state index is 0.0314. The minimum atomic E-state index is -0.844. The fourth-order valence-corrected chi connectivity index (χ4v) is 0.961. The Hall–Kier alpha value is -1.08. The molecule has 0 atom stereocenters. The molecule has 0 radical (unpaired) electrons. The van der Waals surface area contributed by atoms with Gasteiger partial charge in [-0.15, -0.1) is 0 Å². The van der Waals surface area contributed by atoms with E-state index in [9.17, 15) is 8.78 Å². The van der Waals surface area contributed by atoms with Crippen LogP contribution in [0.3, 0.4) is 0 Å². The lowest BCUT2D eigenvalue weighted by Crippen LogP contribution is -2.17. The third-order valence-corrected chi connectivity index (χ3v) is 1.73. The summed E-state index contributed by atoms with van der Waals surface area (Å²) in [6, 6.07) is 3.73. The topological polar surface area (TPSA) is 78.5 Å². The first-order chi connectivity index (χ1) is 8.15. The van der Waals surface area contributed by atoms with Gasteiger partial charge in [0.2, 0.25) is 0 Å². The van der Waals surface area contributed by atoms with Crippen LogP contribution in [0.1, 0.15) is 5.56 Å². The summed E-state index contributed by atoms with van der Waals surface area (Å²) >= 11 is 0. The quantitative estimate of drug-likeness (QED) is 0.552. The zero-order valence-electron chi connectivity index (χ0n) is 9.50. The molecule has 0 amide bonds. The third kappa shape index (κ3) is 7.76. The zero-order chi connectivity index (χ0) is 13.1. The highest BCUT2D eigenvalue weighted by Gasteiger charge is 2.01. The molecular weight excluding hydrogens is 230 g/mol. The molecule has 4 nitrogen and oxygen atoms in total. The number of halogens is 2. The van der Waals surface area contributed by atoms with E-state index in [-0.39, 0.29) is 13.2 Å². The lowest BCUT2D eigenvalue weighted by molar-refractivity contribution is 0.292. The van der Waals surface area contributed by atoms with Crippen LogP contribution in [0.15, 0.2) is 18.2 Å². The predicted octanol–water partition coefficient (Wildman–Crippen LogP) is -0.0159. The van der Waals surface area contributed by atoms with Crippen LogP contribution in [0.5, 0.6) is 0 Å². The number of nitrogens with two attached hydrogens (primary N) is 1. The molecule has 0 bridgehead atoms. The van der Waals surface area contributed by atoms with Crippen molar-refractivity contribution < 1.29 is 19.0 Å². The highest BCUT2D eigenvalue weighted by atomic mass is 19.2. The van der Waals surface area contributed by atoms with Gasteiger partial charge in [0.1, 0.15) is 0 Å². The van der Waals surface area contributed by atoms with Gasteiger partial charge in [-0.2, -0.15) is 0 Å². The molecule has 0 saturated heterocycles. The summed E-state index contributed by atoms with van der Waals surface area (Å²) in [7, 11) is 0. The highest BCUT2D eigenvalue weighted by molar-refractivity contribution is 5.17. The number of rotatable bonds is 5. The fourth-order valence-electron chi connectivity index (χ4n) is 0.961. The van der Waals surface area contributed by atoms with Crippen molar-refractivity contribution in [1.82, 2.24) is 5.32 Å². The normalized spacial score (nSPS) is 9.71. The van der Waals surface area contributed by atoms with Crippen molar-refractivity contribution in [2.45, 2.75) is 6.54 Å². The lowest BCUT2D eigenvalue weighted by Gasteiger charge is -2.02. The largest absolute Gasteiger partial charge is 0.395 e. The van der Waals surface area contributed by atoms with Gasteiger partial charge in [-0.3, -0.25) is 0 Å². The molecule has 6 heteroatoms. The van der Waals surface area contributed by atoms with Gasteiger partial charge in [-0.25, -0.2) is 8.78 Å². The van der Waals surface area contributed by atoms with Gasteiger partial charge in [-0.1, -0.05) is 6.07 Å². The molecule has 0 heterocycles. The number of aliphatic hydroxyl groups is 2. The van der Waals surface area contributed by atoms with E-state index in [1.165, 1.54) is 6.07 Å². The molecule has 0 aromatic heterocycles. The lowest BCUT2D eigenvalue weighted by atomic mass is 10.2. The van der Waals surface area contributed by atoms with Crippen molar-refractivity contribution >= 4 is 0 Å². The second kappa shape index (κ2) is 10.1. The Balaban J connectivity index is 0.000000557. The second-order valence-corrected chi connectivity index (χ2v) is 3.16. The van der Waals surface area contributed by atoms with Crippen molar-refractivity contribution in [3.63, 3.8) is 0 Å². The van der Waals surface area contributed by atoms with Crippen LogP contribution in [0.25, 0.3) is 0 Å². The van der Waals surface area contributed by atoms with Gasteiger partial charge in [0.25, 0.3) is 0 Å². The van der Waals surface area contributed by atoms with E-state index in [0.717, 1.165) is 12.1 Å². The molecule has 0 unspecified atom stereocenters. The Kier molecular flexibility index (Phi) is 9.46. The van der Waals surface area contributed by atoms with Gasteiger partial charge in [0.15, 0.2) is 11.6 Å². The molecule has 0 aliphatic carbocycles. The van der Waals surface area contributed by atoms with E-state index >= 15 is 0 Å². The summed E-state index contributed by atoms with van der Waals surface area (Å²) < 4.78 is 25.1. The van der Waals surface area contributed by atoms with Crippen molar-refractivity contribution in [3.8, 4) is 0 Å². The van der Waals surface area contributed by atoms with Crippen LogP contribution in [-0.4, -0.2) is 36.5 Å². The number of hydrogen-bond donors (Lipinski definition) is 4. The number of benzene rings is 1. The fraction of sp³-hybridized carbons (Fsp3) is 0.455. The molecule has 0 aliphatic rings. The standard InChI is InChI=1S/C9H11F2NO.C2H7NO/c10-8-2-1-7(5-9(8)11)6-12-3-4-13;3-1-2-4/h1-2,5,12-13H,3-4,6H2;4H,1-3H2. The Morgan fingerprint density at radius 2 is 1.76 bits per heavy atom. The van der Waals surface area contributed by atoms with Crippen molar-refractivity contribution in [2.75, 3.05) is 26.3 Å². The van der Waals surface area contributed by atoms with Crippen molar-refractivity contribution in [2.24, 2.45) is 5.73 Å². The van der Waals surface area contributed by atoms with E-state index < -0.39 is 11.6 Å². The van der Waals surface area contributed by atoms with Crippen molar-refractivity contribution in [3.05, 3.63) is 35.4 Å². The molecule has 0 saturated carbocycles. The molecule has 0 aliphatic heterocycles. The predicted molar refractivity (Wildman–Crippen MR) is 61.3 cm³/mol. The Morgan fingerprint density at radius 3 is 2.24 bits per heavy atom. The van der Waals surface area contributed by atoms with Gasteiger partial charge in [0.05, 0.1) is 13.2 Å². The number of nitrogens with one attached hydrogen (secondary N) is 1. The van der Waals surface area contributed by atoms with Crippen LogP contribution in [-0.2, 0) is 6.54 Å². The minimum Gasteiger partial charge on any atom is -0.395 e. The van der Waals surface area contributed by atoms with E-state index in [4.69, 9.17) is 15.9 Å². The van der Waals surface area contributed by atoms with Gasteiger partial charge in [0, 0.05) is 19.6 Å². The van der Waals surface area contributed by atoms with E-state index in [0.29, 0.717) is 25.2 Å². The average molecular weight is 248 g/mol. The van der Waals surface area contributed by atoms with Crippen molar-refractivity contribution in [1.29, 1.82) is 0 Å². The summed E-state index contributed by atoms with van der Waals surface area (Å²) in [6.45, 7) is 1.38. The molecule has 0 spiro atoms.